The van der Waals surface area contributed by atoms with Crippen molar-refractivity contribution in [3.05, 3.63) is 0 Å². The van der Waals surface area contributed by atoms with E-state index < -0.39 is 5.92 Å². The lowest BCUT2D eigenvalue weighted by molar-refractivity contribution is -0.143. The predicted octanol–water partition coefficient (Wildman–Crippen LogP) is 2.06. The number of esters is 1. The summed E-state index contributed by atoms with van der Waals surface area (Å²) in [6.07, 6.45) is 1.29. The van der Waals surface area contributed by atoms with Crippen molar-refractivity contribution in [2.45, 2.75) is 44.6 Å². The number of hydrogen-bond acceptors (Lipinski definition) is 3. The van der Waals surface area contributed by atoms with Crippen LogP contribution < -0.4 is 0 Å². The minimum atomic E-state index is -2.57. The lowest BCUT2D eigenvalue weighted by Crippen LogP contribution is -2.46. The molecule has 1 fully saturated rings. The minimum Gasteiger partial charge on any atom is -0.466 e. The Morgan fingerprint density at radius 1 is 1.56 bits per heavy atom. The van der Waals surface area contributed by atoms with E-state index in [2.05, 4.69) is 0 Å². The Morgan fingerprint density at radius 3 is 2.81 bits per heavy atom. The molecule has 0 bridgehead atoms. The minimum absolute atomic E-state index is 0.0732. The molecule has 3 nitrogen and oxygen atoms in total. The Hall–Kier alpha value is -0.710. The number of alkyl halides is 2. The normalized spacial score (nSPS) is 25.4. The number of piperidine rings is 1. The molecule has 0 N–H and O–H groups in total. The van der Waals surface area contributed by atoms with Gasteiger partial charge in [-0.3, -0.25) is 9.69 Å². The maximum absolute atomic E-state index is 13.0. The molecule has 0 amide bonds. The van der Waals surface area contributed by atoms with E-state index in [1.165, 1.54) is 0 Å². The van der Waals surface area contributed by atoms with Gasteiger partial charge in [-0.15, -0.1) is 0 Å². The zero-order chi connectivity index (χ0) is 12.2. The lowest BCUT2D eigenvalue weighted by atomic mass is 9.96. The summed E-state index contributed by atoms with van der Waals surface area (Å²) < 4.78 is 30.8. The van der Waals surface area contributed by atoms with E-state index in [-0.39, 0.29) is 25.0 Å². The van der Waals surface area contributed by atoms with Gasteiger partial charge in [0, 0.05) is 18.9 Å². The van der Waals surface area contributed by atoms with Crippen LogP contribution in [0.1, 0.15) is 32.6 Å². The topological polar surface area (TPSA) is 29.5 Å². The Balaban J connectivity index is 2.31. The maximum Gasteiger partial charge on any atom is 0.305 e. The van der Waals surface area contributed by atoms with Crippen molar-refractivity contribution in [3.63, 3.8) is 0 Å². The average molecular weight is 235 g/mol. The molecule has 0 aromatic heterocycles. The van der Waals surface area contributed by atoms with Crippen LogP contribution in [-0.4, -0.2) is 43.0 Å². The zero-order valence-corrected chi connectivity index (χ0v) is 9.84. The molecular weight excluding hydrogens is 216 g/mol. The van der Waals surface area contributed by atoms with Gasteiger partial charge in [-0.1, -0.05) is 0 Å². The zero-order valence-electron chi connectivity index (χ0n) is 9.84. The Bertz CT molecular complexity index is 246. The van der Waals surface area contributed by atoms with Crippen molar-refractivity contribution in [2.75, 3.05) is 20.2 Å². The number of carbonyl (C=O) groups is 1. The molecule has 0 spiro atoms. The Labute approximate surface area is 94.7 Å². The molecule has 1 rings (SSSR count). The molecule has 16 heavy (non-hydrogen) atoms. The van der Waals surface area contributed by atoms with Crippen molar-refractivity contribution in [3.8, 4) is 0 Å². The molecule has 0 aromatic rings. The SMILES string of the molecule is CCOC(=O)CCC1CCC(F)(F)CN1C. The first-order chi connectivity index (χ1) is 7.44. The lowest BCUT2D eigenvalue weighted by Gasteiger charge is -2.36. The van der Waals surface area contributed by atoms with Crippen LogP contribution in [-0.2, 0) is 9.53 Å². The first-order valence-corrected chi connectivity index (χ1v) is 5.68. The van der Waals surface area contributed by atoms with Crippen LogP contribution in [0.3, 0.4) is 0 Å². The molecule has 0 radical (unpaired) electrons. The molecule has 94 valence electrons. The van der Waals surface area contributed by atoms with E-state index >= 15 is 0 Å². The average Bonchev–Trinajstić information content (AvgIpc) is 2.15. The van der Waals surface area contributed by atoms with E-state index in [9.17, 15) is 13.6 Å². The Kier molecular flexibility index (Phi) is 4.65. The second-order valence-electron chi connectivity index (χ2n) is 4.31. The summed E-state index contributed by atoms with van der Waals surface area (Å²) in [5, 5.41) is 0. The number of ether oxygens (including phenoxy) is 1. The van der Waals surface area contributed by atoms with Gasteiger partial charge in [-0.25, -0.2) is 8.78 Å². The van der Waals surface area contributed by atoms with Crippen molar-refractivity contribution in [1.29, 1.82) is 0 Å². The number of hydrogen-bond donors (Lipinski definition) is 0. The molecule has 1 aliphatic heterocycles. The van der Waals surface area contributed by atoms with Gasteiger partial charge < -0.3 is 4.74 Å². The summed E-state index contributed by atoms with van der Waals surface area (Å²) in [7, 11) is 1.68. The van der Waals surface area contributed by atoms with Gasteiger partial charge in [0.1, 0.15) is 0 Å². The van der Waals surface area contributed by atoms with Crippen LogP contribution in [0.15, 0.2) is 0 Å². The number of nitrogens with zero attached hydrogens (tertiary/aromatic N) is 1. The number of rotatable bonds is 4. The van der Waals surface area contributed by atoms with E-state index in [4.69, 9.17) is 4.74 Å². The highest BCUT2D eigenvalue weighted by molar-refractivity contribution is 5.69. The van der Waals surface area contributed by atoms with Crippen LogP contribution in [0.25, 0.3) is 0 Å². The maximum atomic E-state index is 13.0. The third-order valence-electron chi connectivity index (χ3n) is 2.93. The molecule has 1 saturated heterocycles. The second kappa shape index (κ2) is 5.57. The van der Waals surface area contributed by atoms with Crippen molar-refractivity contribution in [1.82, 2.24) is 4.90 Å². The number of likely N-dealkylation sites (tertiary alicyclic amines) is 1. The first-order valence-electron chi connectivity index (χ1n) is 5.68. The molecule has 0 aromatic carbocycles. The van der Waals surface area contributed by atoms with Gasteiger partial charge in [0.25, 0.3) is 5.92 Å². The van der Waals surface area contributed by atoms with Crippen LogP contribution >= 0.6 is 0 Å². The highest BCUT2D eigenvalue weighted by Gasteiger charge is 2.38. The summed E-state index contributed by atoms with van der Waals surface area (Å²) in [4.78, 5) is 12.8. The van der Waals surface area contributed by atoms with Crippen molar-refractivity contribution >= 4 is 5.97 Å². The van der Waals surface area contributed by atoms with Gasteiger partial charge in [0.05, 0.1) is 13.2 Å². The van der Waals surface area contributed by atoms with Crippen molar-refractivity contribution < 1.29 is 18.3 Å². The summed E-state index contributed by atoms with van der Waals surface area (Å²) in [5.41, 5.74) is 0. The summed E-state index contributed by atoms with van der Waals surface area (Å²) in [5.74, 6) is -2.82. The van der Waals surface area contributed by atoms with E-state index in [1.54, 1.807) is 18.9 Å². The molecule has 1 aliphatic rings. The van der Waals surface area contributed by atoms with E-state index in [0.717, 1.165) is 0 Å². The standard InChI is InChI=1S/C11H19F2NO2/c1-3-16-10(15)5-4-9-6-7-11(12,13)8-14(9)2/h9H,3-8H2,1-2H3. The van der Waals surface area contributed by atoms with Crippen LogP contribution in [0.5, 0.6) is 0 Å². The number of halogens is 2. The van der Waals surface area contributed by atoms with Gasteiger partial charge in [0.15, 0.2) is 0 Å². The highest BCUT2D eigenvalue weighted by Crippen LogP contribution is 2.30. The van der Waals surface area contributed by atoms with Crippen LogP contribution in [0.2, 0.25) is 0 Å². The van der Waals surface area contributed by atoms with E-state index in [0.29, 0.717) is 25.9 Å². The molecule has 1 unspecified atom stereocenters. The molecule has 0 aliphatic carbocycles. The largest absolute Gasteiger partial charge is 0.466 e. The Morgan fingerprint density at radius 2 is 2.25 bits per heavy atom. The van der Waals surface area contributed by atoms with Crippen LogP contribution in [0.4, 0.5) is 8.78 Å². The highest BCUT2D eigenvalue weighted by atomic mass is 19.3. The summed E-state index contributed by atoms with van der Waals surface area (Å²) in [6, 6.07) is 0.0732. The molecule has 1 atom stereocenters. The fourth-order valence-electron chi connectivity index (χ4n) is 2.05. The summed E-state index contributed by atoms with van der Waals surface area (Å²) in [6.45, 7) is 1.92. The van der Waals surface area contributed by atoms with Crippen LogP contribution in [0, 0.1) is 0 Å². The van der Waals surface area contributed by atoms with Gasteiger partial charge >= 0.3 is 5.97 Å². The predicted molar refractivity (Wildman–Crippen MR) is 56.5 cm³/mol. The quantitative estimate of drug-likeness (QED) is 0.698. The second-order valence-corrected chi connectivity index (χ2v) is 4.31. The number of carbonyl (C=O) groups excluding carboxylic acids is 1. The van der Waals surface area contributed by atoms with Gasteiger partial charge in [-0.05, 0) is 26.8 Å². The summed E-state index contributed by atoms with van der Waals surface area (Å²) >= 11 is 0. The smallest absolute Gasteiger partial charge is 0.305 e. The molecule has 1 heterocycles. The fraction of sp³-hybridized carbons (Fsp3) is 0.909. The molecular formula is C11H19F2NO2. The van der Waals surface area contributed by atoms with Gasteiger partial charge in [0.2, 0.25) is 0 Å². The monoisotopic (exact) mass is 235 g/mol. The van der Waals surface area contributed by atoms with Crippen molar-refractivity contribution in [2.24, 2.45) is 0 Å². The first kappa shape index (κ1) is 13.4. The van der Waals surface area contributed by atoms with E-state index in [1.807, 2.05) is 0 Å². The molecule has 0 saturated carbocycles. The fourth-order valence-corrected chi connectivity index (χ4v) is 2.05. The van der Waals surface area contributed by atoms with Gasteiger partial charge in [-0.2, -0.15) is 0 Å². The molecule has 5 heteroatoms. The third-order valence-corrected chi connectivity index (χ3v) is 2.93. The third kappa shape index (κ3) is 4.04.